The second-order valence-electron chi connectivity index (χ2n) is 6.24. The maximum absolute atomic E-state index is 12.5. The summed E-state index contributed by atoms with van der Waals surface area (Å²) in [5.41, 5.74) is 3.29. The molecule has 1 N–H and O–H groups in total. The molecule has 3 aromatic carbocycles. The fraction of sp³-hybridized carbons (Fsp3) is 0.0500. The number of hydrogen-bond acceptors (Lipinski definition) is 5. The molecule has 0 spiro atoms. The predicted molar refractivity (Wildman–Crippen MR) is 105 cm³/mol. The molecule has 0 radical (unpaired) electrons. The summed E-state index contributed by atoms with van der Waals surface area (Å²) in [4.78, 5) is 24.6. The molecule has 0 unspecified atom stereocenters. The molecule has 28 heavy (non-hydrogen) atoms. The summed E-state index contributed by atoms with van der Waals surface area (Å²) in [5, 5.41) is 22.7. The van der Waals surface area contributed by atoms with Gasteiger partial charge in [0.05, 0.1) is 10.6 Å². The van der Waals surface area contributed by atoms with Crippen LogP contribution in [0.25, 0.3) is 16.7 Å². The van der Waals surface area contributed by atoms with E-state index in [-0.39, 0.29) is 11.3 Å². The molecule has 0 aliphatic heterocycles. The zero-order valence-electron chi connectivity index (χ0n) is 14.9. The zero-order chi connectivity index (χ0) is 19.7. The minimum absolute atomic E-state index is 0.0890. The van der Waals surface area contributed by atoms with Gasteiger partial charge in [0.25, 0.3) is 11.6 Å². The van der Waals surface area contributed by atoms with Gasteiger partial charge in [-0.1, -0.05) is 24.3 Å². The lowest BCUT2D eigenvalue weighted by atomic mass is 10.1. The lowest BCUT2D eigenvalue weighted by Crippen LogP contribution is -2.12. The van der Waals surface area contributed by atoms with Crippen molar-refractivity contribution in [2.24, 2.45) is 0 Å². The maximum Gasteiger partial charge on any atom is 0.273 e. The van der Waals surface area contributed by atoms with Gasteiger partial charge in [-0.15, -0.1) is 10.2 Å². The number of benzene rings is 3. The van der Waals surface area contributed by atoms with Gasteiger partial charge in [0.1, 0.15) is 11.0 Å². The first-order chi connectivity index (χ1) is 13.5. The van der Waals surface area contributed by atoms with Crippen LogP contribution in [-0.4, -0.2) is 25.8 Å². The average molecular weight is 373 g/mol. The fourth-order valence-electron chi connectivity index (χ4n) is 2.82. The van der Waals surface area contributed by atoms with Crippen LogP contribution in [0.1, 0.15) is 15.9 Å². The van der Waals surface area contributed by atoms with E-state index in [9.17, 15) is 14.9 Å². The van der Waals surface area contributed by atoms with Crippen molar-refractivity contribution in [3.05, 3.63) is 88.0 Å². The van der Waals surface area contributed by atoms with Crippen LogP contribution >= 0.6 is 0 Å². The van der Waals surface area contributed by atoms with E-state index < -0.39 is 10.8 Å². The summed E-state index contributed by atoms with van der Waals surface area (Å²) in [6.07, 6.45) is 0. The molecule has 0 fully saturated rings. The van der Waals surface area contributed by atoms with Gasteiger partial charge in [0, 0.05) is 22.9 Å². The highest BCUT2D eigenvalue weighted by atomic mass is 16.6. The number of aryl methyl sites for hydroxylation is 1. The Labute approximate surface area is 159 Å². The Morgan fingerprint density at radius 3 is 2.50 bits per heavy atom. The van der Waals surface area contributed by atoms with Gasteiger partial charge in [-0.3, -0.25) is 14.9 Å². The number of nitrogens with zero attached hydrogens (tertiary/aromatic N) is 4. The van der Waals surface area contributed by atoms with Crippen LogP contribution in [0.15, 0.2) is 66.7 Å². The van der Waals surface area contributed by atoms with Gasteiger partial charge in [-0.05, 0) is 43.3 Å². The average Bonchev–Trinajstić information content (AvgIpc) is 3.12. The number of anilines is 1. The molecule has 0 aliphatic rings. The van der Waals surface area contributed by atoms with Gasteiger partial charge >= 0.3 is 0 Å². The number of fused-ring (bicyclic) bond motifs is 1. The number of para-hydroxylation sites is 1. The van der Waals surface area contributed by atoms with E-state index in [4.69, 9.17) is 0 Å². The van der Waals surface area contributed by atoms with E-state index >= 15 is 0 Å². The van der Waals surface area contributed by atoms with Crippen molar-refractivity contribution in [2.45, 2.75) is 6.92 Å². The Morgan fingerprint density at radius 2 is 1.75 bits per heavy atom. The summed E-state index contributed by atoms with van der Waals surface area (Å²) >= 11 is 0. The molecule has 1 heterocycles. The standard InChI is InChI=1S/C20H15N5O3/c1-13-7-8-14(11-19(13)25(27)28)20(26)21-15-9-10-17-18(12-15)23-24(22-17)16-5-3-2-4-6-16/h2-12H,1H3,(H,21,26). The Hall–Kier alpha value is -4.07. The first-order valence-electron chi connectivity index (χ1n) is 8.50. The largest absolute Gasteiger partial charge is 0.322 e. The van der Waals surface area contributed by atoms with Gasteiger partial charge in [0.2, 0.25) is 0 Å². The van der Waals surface area contributed by atoms with Crippen molar-refractivity contribution in [3.63, 3.8) is 0 Å². The molecule has 0 saturated heterocycles. The van der Waals surface area contributed by atoms with E-state index in [1.54, 1.807) is 37.3 Å². The van der Waals surface area contributed by atoms with Crippen LogP contribution in [0, 0.1) is 17.0 Å². The molecule has 0 bridgehead atoms. The molecule has 8 heteroatoms. The highest BCUT2D eigenvalue weighted by molar-refractivity contribution is 6.05. The van der Waals surface area contributed by atoms with Crippen LogP contribution in [0.5, 0.6) is 0 Å². The molecule has 0 atom stereocenters. The number of nitro groups is 1. The van der Waals surface area contributed by atoms with Crippen molar-refractivity contribution in [3.8, 4) is 5.69 Å². The highest BCUT2D eigenvalue weighted by Gasteiger charge is 2.15. The predicted octanol–water partition coefficient (Wildman–Crippen LogP) is 3.89. The van der Waals surface area contributed by atoms with Crippen LogP contribution in [-0.2, 0) is 0 Å². The Morgan fingerprint density at radius 1 is 1.00 bits per heavy atom. The third kappa shape index (κ3) is 3.30. The quantitative estimate of drug-likeness (QED) is 0.432. The van der Waals surface area contributed by atoms with Crippen molar-refractivity contribution in [1.82, 2.24) is 15.0 Å². The molecular weight excluding hydrogens is 358 g/mol. The normalized spacial score (nSPS) is 10.8. The van der Waals surface area contributed by atoms with E-state index in [0.29, 0.717) is 22.3 Å². The maximum atomic E-state index is 12.5. The molecule has 8 nitrogen and oxygen atoms in total. The SMILES string of the molecule is Cc1ccc(C(=O)Nc2ccc3nn(-c4ccccc4)nc3c2)cc1[N+](=O)[O-]. The molecule has 0 saturated carbocycles. The highest BCUT2D eigenvalue weighted by Crippen LogP contribution is 2.21. The molecular formula is C20H15N5O3. The fourth-order valence-corrected chi connectivity index (χ4v) is 2.82. The second-order valence-corrected chi connectivity index (χ2v) is 6.24. The van der Waals surface area contributed by atoms with E-state index in [1.807, 2.05) is 30.3 Å². The third-order valence-electron chi connectivity index (χ3n) is 4.29. The molecule has 1 aromatic heterocycles. The summed E-state index contributed by atoms with van der Waals surface area (Å²) in [7, 11) is 0. The van der Waals surface area contributed by atoms with Crippen molar-refractivity contribution in [1.29, 1.82) is 0 Å². The number of aromatic nitrogens is 3. The topological polar surface area (TPSA) is 103 Å². The summed E-state index contributed by atoms with van der Waals surface area (Å²) < 4.78 is 0. The number of hydrogen-bond donors (Lipinski definition) is 1. The van der Waals surface area contributed by atoms with E-state index in [2.05, 4.69) is 15.5 Å². The first kappa shape index (κ1) is 17.3. The number of amides is 1. The Kier molecular flexibility index (Phi) is 4.29. The van der Waals surface area contributed by atoms with Crippen molar-refractivity contribution >= 4 is 28.3 Å². The molecule has 4 aromatic rings. The first-order valence-corrected chi connectivity index (χ1v) is 8.50. The number of nitro benzene ring substituents is 1. The van der Waals surface area contributed by atoms with Crippen LogP contribution in [0.4, 0.5) is 11.4 Å². The Bertz CT molecular complexity index is 1200. The van der Waals surface area contributed by atoms with Crippen molar-refractivity contribution in [2.75, 3.05) is 5.32 Å². The summed E-state index contributed by atoms with van der Waals surface area (Å²) in [6, 6.07) is 19.1. The third-order valence-corrected chi connectivity index (χ3v) is 4.29. The van der Waals surface area contributed by atoms with Crippen LogP contribution in [0.2, 0.25) is 0 Å². The number of rotatable bonds is 4. The van der Waals surface area contributed by atoms with Gasteiger partial charge in [-0.25, -0.2) is 0 Å². The summed E-state index contributed by atoms with van der Waals surface area (Å²) in [6.45, 7) is 1.63. The van der Waals surface area contributed by atoms with E-state index in [1.165, 1.54) is 10.9 Å². The molecule has 0 aliphatic carbocycles. The van der Waals surface area contributed by atoms with Gasteiger partial charge in [0.15, 0.2) is 0 Å². The minimum atomic E-state index is -0.500. The lowest BCUT2D eigenvalue weighted by molar-refractivity contribution is -0.385. The zero-order valence-corrected chi connectivity index (χ0v) is 14.9. The van der Waals surface area contributed by atoms with Gasteiger partial charge in [-0.2, -0.15) is 4.80 Å². The van der Waals surface area contributed by atoms with Crippen molar-refractivity contribution < 1.29 is 9.72 Å². The lowest BCUT2D eigenvalue weighted by Gasteiger charge is -2.06. The van der Waals surface area contributed by atoms with E-state index in [0.717, 1.165) is 5.69 Å². The van der Waals surface area contributed by atoms with Gasteiger partial charge < -0.3 is 5.32 Å². The van der Waals surface area contributed by atoms with Crippen LogP contribution in [0.3, 0.4) is 0 Å². The molecule has 1 amide bonds. The molecule has 4 rings (SSSR count). The van der Waals surface area contributed by atoms with Crippen LogP contribution < -0.4 is 5.32 Å². The minimum Gasteiger partial charge on any atom is -0.322 e. The Balaban J connectivity index is 1.60. The second kappa shape index (κ2) is 6.92. The molecule has 138 valence electrons. The number of nitrogens with one attached hydrogen (secondary N) is 1. The number of carbonyl (C=O) groups is 1. The number of carbonyl (C=O) groups excluding carboxylic acids is 1. The monoisotopic (exact) mass is 373 g/mol. The smallest absolute Gasteiger partial charge is 0.273 e. The summed E-state index contributed by atoms with van der Waals surface area (Å²) in [5.74, 6) is -0.432.